The van der Waals surface area contributed by atoms with Crippen LogP contribution >= 0.6 is 0 Å². The Bertz CT molecular complexity index is 917. The Balaban J connectivity index is 1.45. The van der Waals surface area contributed by atoms with Crippen LogP contribution in [-0.4, -0.2) is 64.4 Å². The second kappa shape index (κ2) is 8.82. The van der Waals surface area contributed by atoms with Crippen LogP contribution in [0.5, 0.6) is 0 Å². The molecule has 3 rings (SSSR count). The van der Waals surface area contributed by atoms with E-state index in [9.17, 15) is 19.7 Å². The molecule has 0 unspecified atom stereocenters. The molecule has 0 atom stereocenters. The van der Waals surface area contributed by atoms with Gasteiger partial charge in [0.05, 0.1) is 17.2 Å². The molecule has 1 fully saturated rings. The summed E-state index contributed by atoms with van der Waals surface area (Å²) in [6, 6.07) is 6.02. The normalized spacial score (nSPS) is 14.6. The van der Waals surface area contributed by atoms with E-state index in [2.05, 4.69) is 15.4 Å². The highest BCUT2D eigenvalue weighted by Crippen LogP contribution is 2.18. The first-order chi connectivity index (χ1) is 13.8. The zero-order valence-corrected chi connectivity index (χ0v) is 16.4. The molecule has 0 spiro atoms. The van der Waals surface area contributed by atoms with Gasteiger partial charge < -0.3 is 14.7 Å². The number of benzene rings is 1. The van der Waals surface area contributed by atoms with Crippen LogP contribution in [0.2, 0.25) is 0 Å². The summed E-state index contributed by atoms with van der Waals surface area (Å²) in [5, 5.41) is 17.4. The lowest BCUT2D eigenvalue weighted by Crippen LogP contribution is -2.50. The first kappa shape index (κ1) is 20.5. The number of hydrogen-bond acceptors (Lipinski definition) is 7. The van der Waals surface area contributed by atoms with Gasteiger partial charge in [-0.15, -0.1) is 0 Å². The largest absolute Gasteiger partial charge is 0.361 e. The molecule has 29 heavy (non-hydrogen) atoms. The molecule has 10 nitrogen and oxygen atoms in total. The van der Waals surface area contributed by atoms with E-state index >= 15 is 0 Å². The van der Waals surface area contributed by atoms with Gasteiger partial charge in [-0.3, -0.25) is 24.6 Å². The van der Waals surface area contributed by atoms with Crippen molar-refractivity contribution in [3.63, 3.8) is 0 Å². The predicted molar refractivity (Wildman–Crippen MR) is 103 cm³/mol. The molecule has 2 amide bonds. The molecule has 1 N–H and O–H groups in total. The molecule has 2 heterocycles. The number of nitro benzene ring substituents is 1. The number of nitro groups is 1. The minimum Gasteiger partial charge on any atom is -0.361 e. The third-order valence-corrected chi connectivity index (χ3v) is 4.84. The highest BCUT2D eigenvalue weighted by atomic mass is 16.6. The number of carbonyl (C=O) groups is 2. The minimum absolute atomic E-state index is 0.0451. The fraction of sp³-hybridized carbons (Fsp3) is 0.421. The molecule has 1 aromatic heterocycles. The van der Waals surface area contributed by atoms with Crippen molar-refractivity contribution in [2.24, 2.45) is 0 Å². The maximum absolute atomic E-state index is 12.4. The van der Waals surface area contributed by atoms with E-state index in [-0.39, 0.29) is 23.7 Å². The van der Waals surface area contributed by atoms with E-state index in [0.29, 0.717) is 38.3 Å². The zero-order valence-electron chi connectivity index (χ0n) is 16.4. The van der Waals surface area contributed by atoms with Crippen molar-refractivity contribution in [2.75, 3.05) is 32.7 Å². The summed E-state index contributed by atoms with van der Waals surface area (Å²) >= 11 is 0. The molecule has 0 aliphatic carbocycles. The summed E-state index contributed by atoms with van der Waals surface area (Å²) in [5.74, 6) is 0.179. The first-order valence-corrected chi connectivity index (χ1v) is 9.29. The van der Waals surface area contributed by atoms with Crippen molar-refractivity contribution in [3.05, 3.63) is 57.0 Å². The van der Waals surface area contributed by atoms with E-state index in [1.807, 2.05) is 13.0 Å². The van der Waals surface area contributed by atoms with Crippen LogP contribution < -0.4 is 5.32 Å². The van der Waals surface area contributed by atoms with Gasteiger partial charge in [0, 0.05) is 56.0 Å². The number of carbonyl (C=O) groups excluding carboxylic acids is 2. The molecule has 10 heteroatoms. The number of amides is 2. The molecule has 2 aromatic rings. The third kappa shape index (κ3) is 5.17. The van der Waals surface area contributed by atoms with Gasteiger partial charge in [0.15, 0.2) is 0 Å². The Hall–Kier alpha value is -3.27. The van der Waals surface area contributed by atoms with Crippen molar-refractivity contribution in [3.8, 4) is 0 Å². The van der Waals surface area contributed by atoms with Crippen LogP contribution in [-0.2, 0) is 11.3 Å². The van der Waals surface area contributed by atoms with Crippen molar-refractivity contribution in [2.45, 2.75) is 20.4 Å². The maximum Gasteiger partial charge on any atom is 0.272 e. The van der Waals surface area contributed by atoms with E-state index in [1.54, 1.807) is 11.8 Å². The van der Waals surface area contributed by atoms with Gasteiger partial charge in [0.2, 0.25) is 5.91 Å². The van der Waals surface area contributed by atoms with Gasteiger partial charge in [-0.25, -0.2) is 0 Å². The molecule has 1 aliphatic rings. The van der Waals surface area contributed by atoms with Gasteiger partial charge in [0.25, 0.3) is 11.6 Å². The molecular formula is C19H23N5O5. The summed E-state index contributed by atoms with van der Waals surface area (Å²) < 4.78 is 5.07. The van der Waals surface area contributed by atoms with Crippen LogP contribution in [0, 0.1) is 24.0 Å². The highest BCUT2D eigenvalue weighted by Gasteiger charge is 2.22. The van der Waals surface area contributed by atoms with Crippen LogP contribution in [0.25, 0.3) is 0 Å². The first-order valence-electron chi connectivity index (χ1n) is 9.29. The second-order valence-electron chi connectivity index (χ2n) is 7.03. The standard InChI is InChI=1S/C19H23N5O5/c1-13-9-15(3-4-17(13)24(27)28)19(26)20-11-18(25)23-7-5-22(6-8-23)12-16-10-14(2)29-21-16/h3-4,9-10H,5-8,11-12H2,1-2H3,(H,20,26). The number of aryl methyl sites for hydroxylation is 2. The summed E-state index contributed by atoms with van der Waals surface area (Å²) in [7, 11) is 0. The van der Waals surface area contributed by atoms with E-state index < -0.39 is 10.8 Å². The number of rotatable bonds is 6. The van der Waals surface area contributed by atoms with Crippen LogP contribution in [0.4, 0.5) is 5.69 Å². The van der Waals surface area contributed by atoms with Gasteiger partial charge in [-0.05, 0) is 26.0 Å². The quantitative estimate of drug-likeness (QED) is 0.571. The minimum atomic E-state index is -0.496. The van der Waals surface area contributed by atoms with E-state index in [0.717, 1.165) is 11.5 Å². The second-order valence-corrected chi connectivity index (χ2v) is 7.03. The monoisotopic (exact) mass is 401 g/mol. The average Bonchev–Trinajstić information content (AvgIpc) is 3.10. The summed E-state index contributed by atoms with van der Waals surface area (Å²) in [5.41, 5.74) is 1.50. The summed E-state index contributed by atoms with van der Waals surface area (Å²) in [4.78, 5) is 38.9. The van der Waals surface area contributed by atoms with Gasteiger partial charge in [-0.2, -0.15) is 0 Å². The number of nitrogens with one attached hydrogen (secondary N) is 1. The third-order valence-electron chi connectivity index (χ3n) is 4.84. The van der Waals surface area contributed by atoms with Gasteiger partial charge >= 0.3 is 0 Å². The maximum atomic E-state index is 12.4. The molecule has 0 radical (unpaired) electrons. The van der Waals surface area contributed by atoms with Crippen LogP contribution in [0.3, 0.4) is 0 Å². The number of piperazine rings is 1. The molecular weight excluding hydrogens is 378 g/mol. The molecule has 154 valence electrons. The molecule has 1 aromatic carbocycles. The lowest BCUT2D eigenvalue weighted by atomic mass is 10.1. The highest BCUT2D eigenvalue weighted by molar-refractivity contribution is 5.96. The van der Waals surface area contributed by atoms with Crippen molar-refractivity contribution < 1.29 is 19.0 Å². The molecule has 1 aliphatic heterocycles. The van der Waals surface area contributed by atoms with Gasteiger partial charge in [-0.1, -0.05) is 5.16 Å². The number of hydrogen-bond donors (Lipinski definition) is 1. The SMILES string of the molecule is Cc1cc(CN2CCN(C(=O)CNC(=O)c3ccc([N+](=O)[O-])c(C)c3)CC2)no1. The fourth-order valence-electron chi connectivity index (χ4n) is 3.25. The van der Waals surface area contributed by atoms with Crippen LogP contribution in [0.1, 0.15) is 27.4 Å². The van der Waals surface area contributed by atoms with E-state index in [1.165, 1.54) is 18.2 Å². The fourth-order valence-corrected chi connectivity index (χ4v) is 3.25. The smallest absolute Gasteiger partial charge is 0.272 e. The molecule has 1 saturated heterocycles. The lowest BCUT2D eigenvalue weighted by Gasteiger charge is -2.34. The topological polar surface area (TPSA) is 122 Å². The summed E-state index contributed by atoms with van der Waals surface area (Å²) in [6.45, 7) is 6.55. The Morgan fingerprint density at radius 3 is 2.52 bits per heavy atom. The Morgan fingerprint density at radius 2 is 1.93 bits per heavy atom. The van der Waals surface area contributed by atoms with E-state index in [4.69, 9.17) is 4.52 Å². The number of nitrogens with zero attached hydrogens (tertiary/aromatic N) is 4. The van der Waals surface area contributed by atoms with Crippen molar-refractivity contribution in [1.29, 1.82) is 0 Å². The van der Waals surface area contributed by atoms with Crippen molar-refractivity contribution >= 4 is 17.5 Å². The molecule has 0 bridgehead atoms. The van der Waals surface area contributed by atoms with Gasteiger partial charge in [0.1, 0.15) is 5.76 Å². The van der Waals surface area contributed by atoms with Crippen molar-refractivity contribution in [1.82, 2.24) is 20.3 Å². The molecule has 0 saturated carbocycles. The Labute approximate surface area is 167 Å². The zero-order chi connectivity index (χ0) is 21.0. The lowest BCUT2D eigenvalue weighted by molar-refractivity contribution is -0.385. The summed E-state index contributed by atoms with van der Waals surface area (Å²) in [6.07, 6.45) is 0. The predicted octanol–water partition coefficient (Wildman–Crippen LogP) is 1.27. The number of aromatic nitrogens is 1. The Morgan fingerprint density at radius 1 is 1.21 bits per heavy atom. The Kier molecular flexibility index (Phi) is 6.23. The average molecular weight is 401 g/mol. The van der Waals surface area contributed by atoms with Crippen LogP contribution in [0.15, 0.2) is 28.8 Å².